The molecule has 0 aliphatic heterocycles. The van der Waals surface area contributed by atoms with Gasteiger partial charge in [-0.2, -0.15) is 0 Å². The Balaban J connectivity index is 1.74. The van der Waals surface area contributed by atoms with E-state index in [1.54, 1.807) is 0 Å². The zero-order valence-corrected chi connectivity index (χ0v) is 10.1. The molecule has 1 saturated carbocycles. The van der Waals surface area contributed by atoms with Crippen molar-refractivity contribution in [2.24, 2.45) is 11.7 Å². The molecule has 3 nitrogen and oxygen atoms in total. The first kappa shape index (κ1) is 12.1. The van der Waals surface area contributed by atoms with E-state index in [2.05, 4.69) is 5.32 Å². The van der Waals surface area contributed by atoms with Crippen molar-refractivity contribution in [3.63, 3.8) is 0 Å². The lowest BCUT2D eigenvalue weighted by Crippen LogP contribution is -2.44. The van der Waals surface area contributed by atoms with Crippen LogP contribution in [0.25, 0.3) is 0 Å². The lowest BCUT2D eigenvalue weighted by atomic mass is 9.85. The number of benzene rings is 1. The molecule has 1 atom stereocenters. The van der Waals surface area contributed by atoms with Gasteiger partial charge in [-0.1, -0.05) is 36.8 Å². The Morgan fingerprint density at radius 1 is 1.35 bits per heavy atom. The quantitative estimate of drug-likeness (QED) is 0.807. The third-order valence-corrected chi connectivity index (χ3v) is 3.42. The van der Waals surface area contributed by atoms with Crippen molar-refractivity contribution >= 4 is 5.91 Å². The lowest BCUT2D eigenvalue weighted by Gasteiger charge is -2.26. The Morgan fingerprint density at radius 3 is 2.65 bits per heavy atom. The average molecular weight is 232 g/mol. The number of hydrogen-bond acceptors (Lipinski definition) is 2. The van der Waals surface area contributed by atoms with Crippen LogP contribution >= 0.6 is 0 Å². The molecule has 1 aliphatic rings. The van der Waals surface area contributed by atoms with Crippen molar-refractivity contribution < 1.29 is 4.79 Å². The van der Waals surface area contributed by atoms with Gasteiger partial charge in [-0.15, -0.1) is 0 Å². The van der Waals surface area contributed by atoms with Crippen LogP contribution in [0.2, 0.25) is 0 Å². The van der Waals surface area contributed by atoms with Gasteiger partial charge < -0.3 is 11.1 Å². The summed E-state index contributed by atoms with van der Waals surface area (Å²) >= 11 is 0. The molecular formula is C14H20N2O. The van der Waals surface area contributed by atoms with E-state index in [1.165, 1.54) is 19.3 Å². The first-order valence-corrected chi connectivity index (χ1v) is 6.33. The molecule has 3 N–H and O–H groups in total. The highest BCUT2D eigenvalue weighted by molar-refractivity contribution is 5.81. The fourth-order valence-electron chi connectivity index (χ4n) is 2.03. The smallest absolute Gasteiger partial charge is 0.237 e. The van der Waals surface area contributed by atoms with Gasteiger partial charge in [-0.05, 0) is 30.7 Å². The van der Waals surface area contributed by atoms with E-state index >= 15 is 0 Å². The topological polar surface area (TPSA) is 55.1 Å². The van der Waals surface area contributed by atoms with E-state index in [-0.39, 0.29) is 5.91 Å². The molecule has 1 fully saturated rings. The lowest BCUT2D eigenvalue weighted by molar-refractivity contribution is -0.122. The summed E-state index contributed by atoms with van der Waals surface area (Å²) in [5.74, 6) is 0.656. The molecule has 0 aromatic heterocycles. The maximum Gasteiger partial charge on any atom is 0.237 e. The zero-order chi connectivity index (χ0) is 12.1. The third-order valence-electron chi connectivity index (χ3n) is 3.42. The fourth-order valence-corrected chi connectivity index (χ4v) is 2.03. The molecule has 1 aromatic rings. The Labute approximate surface area is 102 Å². The second kappa shape index (κ2) is 5.82. The second-order valence-corrected chi connectivity index (χ2v) is 4.84. The van der Waals surface area contributed by atoms with Crippen LogP contribution in [0.1, 0.15) is 24.8 Å². The normalized spacial score (nSPS) is 17.2. The van der Waals surface area contributed by atoms with Crippen LogP contribution < -0.4 is 11.1 Å². The van der Waals surface area contributed by atoms with Gasteiger partial charge in [0, 0.05) is 6.54 Å². The number of hydrogen-bond donors (Lipinski definition) is 2. The molecule has 0 bridgehead atoms. The first-order valence-electron chi connectivity index (χ1n) is 6.33. The number of amides is 1. The minimum Gasteiger partial charge on any atom is -0.354 e. The molecule has 1 amide bonds. The number of rotatable bonds is 5. The van der Waals surface area contributed by atoms with E-state index in [4.69, 9.17) is 5.73 Å². The van der Waals surface area contributed by atoms with Gasteiger partial charge in [0.15, 0.2) is 0 Å². The number of nitrogens with one attached hydrogen (secondary N) is 1. The van der Waals surface area contributed by atoms with E-state index < -0.39 is 6.04 Å². The molecule has 1 aliphatic carbocycles. The van der Waals surface area contributed by atoms with Gasteiger partial charge in [-0.25, -0.2) is 0 Å². The SMILES string of the molecule is N[C@@H](Cc1ccccc1)C(=O)NCC1CCC1. The molecule has 2 rings (SSSR count). The van der Waals surface area contributed by atoms with Crippen LogP contribution in [0.3, 0.4) is 0 Å². The molecular weight excluding hydrogens is 212 g/mol. The Kier molecular flexibility index (Phi) is 4.15. The molecule has 0 radical (unpaired) electrons. The summed E-state index contributed by atoms with van der Waals surface area (Å²) in [6, 6.07) is 9.46. The summed E-state index contributed by atoms with van der Waals surface area (Å²) in [6.07, 6.45) is 4.40. The number of nitrogens with two attached hydrogens (primary N) is 1. The first-order chi connectivity index (χ1) is 8.25. The van der Waals surface area contributed by atoms with Crippen LogP contribution in [-0.4, -0.2) is 18.5 Å². The Bertz CT molecular complexity index is 360. The largest absolute Gasteiger partial charge is 0.354 e. The molecule has 92 valence electrons. The third kappa shape index (κ3) is 3.56. The second-order valence-electron chi connectivity index (χ2n) is 4.84. The highest BCUT2D eigenvalue weighted by Crippen LogP contribution is 2.25. The van der Waals surface area contributed by atoms with E-state index in [1.807, 2.05) is 30.3 Å². The van der Waals surface area contributed by atoms with Gasteiger partial charge in [0.2, 0.25) is 5.91 Å². The van der Waals surface area contributed by atoms with Crippen LogP contribution in [0.4, 0.5) is 0 Å². The predicted octanol–water partition coefficient (Wildman–Crippen LogP) is 1.47. The van der Waals surface area contributed by atoms with Crippen LogP contribution in [-0.2, 0) is 11.2 Å². The van der Waals surface area contributed by atoms with Crippen molar-refractivity contribution in [3.8, 4) is 0 Å². The van der Waals surface area contributed by atoms with Gasteiger partial charge in [0.1, 0.15) is 0 Å². The van der Waals surface area contributed by atoms with Gasteiger partial charge in [0.05, 0.1) is 6.04 Å². The minimum atomic E-state index is -0.433. The maximum absolute atomic E-state index is 11.8. The van der Waals surface area contributed by atoms with Crippen molar-refractivity contribution in [1.82, 2.24) is 5.32 Å². The van der Waals surface area contributed by atoms with Gasteiger partial charge >= 0.3 is 0 Å². The highest BCUT2D eigenvalue weighted by Gasteiger charge is 2.20. The van der Waals surface area contributed by atoms with Crippen molar-refractivity contribution in [1.29, 1.82) is 0 Å². The predicted molar refractivity (Wildman–Crippen MR) is 68.5 cm³/mol. The molecule has 1 aromatic carbocycles. The van der Waals surface area contributed by atoms with Crippen LogP contribution in [0, 0.1) is 5.92 Å². The minimum absolute atomic E-state index is 0.0271. The Hall–Kier alpha value is -1.35. The van der Waals surface area contributed by atoms with Crippen molar-refractivity contribution in [2.75, 3.05) is 6.54 Å². The summed E-state index contributed by atoms with van der Waals surface area (Å²) in [5.41, 5.74) is 6.99. The number of carbonyl (C=O) groups is 1. The van der Waals surface area contributed by atoms with Crippen LogP contribution in [0.5, 0.6) is 0 Å². The molecule has 0 saturated heterocycles. The summed E-state index contributed by atoms with van der Waals surface area (Å²) in [6.45, 7) is 0.793. The maximum atomic E-state index is 11.8. The average Bonchev–Trinajstić information content (AvgIpc) is 2.28. The molecule has 0 heterocycles. The summed E-state index contributed by atoms with van der Waals surface area (Å²) in [5, 5.41) is 2.94. The zero-order valence-electron chi connectivity index (χ0n) is 10.1. The molecule has 0 unspecified atom stereocenters. The molecule has 3 heteroatoms. The fraction of sp³-hybridized carbons (Fsp3) is 0.500. The van der Waals surface area contributed by atoms with Gasteiger partial charge in [-0.3, -0.25) is 4.79 Å². The van der Waals surface area contributed by atoms with E-state index in [0.717, 1.165) is 12.1 Å². The van der Waals surface area contributed by atoms with Crippen molar-refractivity contribution in [2.45, 2.75) is 31.7 Å². The van der Waals surface area contributed by atoms with Crippen LogP contribution in [0.15, 0.2) is 30.3 Å². The van der Waals surface area contributed by atoms with Crippen molar-refractivity contribution in [3.05, 3.63) is 35.9 Å². The van der Waals surface area contributed by atoms with E-state index in [0.29, 0.717) is 12.3 Å². The number of carbonyl (C=O) groups excluding carboxylic acids is 1. The van der Waals surface area contributed by atoms with Gasteiger partial charge in [0.25, 0.3) is 0 Å². The molecule has 0 spiro atoms. The summed E-state index contributed by atoms with van der Waals surface area (Å²) < 4.78 is 0. The summed E-state index contributed by atoms with van der Waals surface area (Å²) in [7, 11) is 0. The van der Waals surface area contributed by atoms with E-state index in [9.17, 15) is 4.79 Å². The monoisotopic (exact) mass is 232 g/mol. The summed E-state index contributed by atoms with van der Waals surface area (Å²) in [4.78, 5) is 11.8. The Morgan fingerprint density at radius 2 is 2.06 bits per heavy atom. The molecule has 17 heavy (non-hydrogen) atoms. The highest BCUT2D eigenvalue weighted by atomic mass is 16.2. The standard InChI is InChI=1S/C14H20N2O/c15-13(9-11-5-2-1-3-6-11)14(17)16-10-12-7-4-8-12/h1-3,5-6,12-13H,4,7-10,15H2,(H,16,17)/t13-/m0/s1.